The molecule has 0 spiro atoms. The maximum atomic E-state index is 9.76. The molecule has 72 valence electrons. The van der Waals surface area contributed by atoms with E-state index in [1.807, 2.05) is 6.92 Å². The lowest BCUT2D eigenvalue weighted by atomic mass is 10.1. The highest BCUT2D eigenvalue weighted by Crippen LogP contribution is 2.23. The molecular formula is C10H15NOS. The van der Waals surface area contributed by atoms with E-state index >= 15 is 0 Å². The fraction of sp³-hybridized carbons (Fsp3) is 0.600. The first-order valence-corrected chi connectivity index (χ1v) is 5.51. The molecule has 0 bridgehead atoms. The first-order chi connectivity index (χ1) is 6.16. The van der Waals surface area contributed by atoms with Gasteiger partial charge in [0.2, 0.25) is 0 Å². The van der Waals surface area contributed by atoms with Gasteiger partial charge in [0.15, 0.2) is 0 Å². The monoisotopic (exact) mass is 197 g/mol. The maximum absolute atomic E-state index is 9.76. The van der Waals surface area contributed by atoms with E-state index in [4.69, 9.17) is 0 Å². The Kier molecular flexibility index (Phi) is 2.41. The van der Waals surface area contributed by atoms with Crippen molar-refractivity contribution < 1.29 is 5.11 Å². The Balaban J connectivity index is 1.91. The number of hydrogen-bond donors (Lipinski definition) is 1. The van der Waals surface area contributed by atoms with Gasteiger partial charge < -0.3 is 5.11 Å². The van der Waals surface area contributed by atoms with Crippen LogP contribution in [-0.4, -0.2) is 28.7 Å². The summed E-state index contributed by atoms with van der Waals surface area (Å²) in [5.41, 5.74) is -0.461. The third-order valence-corrected chi connectivity index (χ3v) is 3.35. The van der Waals surface area contributed by atoms with Crippen molar-refractivity contribution >= 4 is 11.3 Å². The van der Waals surface area contributed by atoms with Crippen LogP contribution in [0.25, 0.3) is 0 Å². The third kappa shape index (κ3) is 2.30. The average molecular weight is 197 g/mol. The summed E-state index contributed by atoms with van der Waals surface area (Å²) >= 11 is 1.79. The lowest BCUT2D eigenvalue weighted by molar-refractivity contribution is 0.0680. The molecule has 1 atom stereocenters. The van der Waals surface area contributed by atoms with E-state index in [1.165, 1.54) is 4.88 Å². The largest absolute Gasteiger partial charge is 0.389 e. The lowest BCUT2D eigenvalue weighted by Gasteiger charge is -2.17. The highest BCUT2D eigenvalue weighted by Gasteiger charge is 2.30. The minimum Gasteiger partial charge on any atom is -0.389 e. The molecule has 2 rings (SSSR count). The van der Waals surface area contributed by atoms with Crippen LogP contribution >= 0.6 is 11.3 Å². The summed E-state index contributed by atoms with van der Waals surface area (Å²) in [7, 11) is 0. The molecule has 2 nitrogen and oxygen atoms in total. The molecule has 1 unspecified atom stereocenters. The molecule has 0 radical (unpaired) electrons. The van der Waals surface area contributed by atoms with Gasteiger partial charge in [0.05, 0.1) is 5.60 Å². The normalized spacial score (nSPS) is 29.7. The molecule has 0 saturated carbocycles. The number of rotatable bonds is 2. The van der Waals surface area contributed by atoms with Gasteiger partial charge >= 0.3 is 0 Å². The average Bonchev–Trinajstić information content (AvgIpc) is 2.61. The second-order valence-electron chi connectivity index (χ2n) is 4.04. The first kappa shape index (κ1) is 9.19. The van der Waals surface area contributed by atoms with Crippen LogP contribution in [0.3, 0.4) is 0 Å². The molecule has 2 heterocycles. The summed E-state index contributed by atoms with van der Waals surface area (Å²) < 4.78 is 0. The van der Waals surface area contributed by atoms with Crippen molar-refractivity contribution in [1.29, 1.82) is 0 Å². The van der Waals surface area contributed by atoms with E-state index in [-0.39, 0.29) is 0 Å². The van der Waals surface area contributed by atoms with Gasteiger partial charge in [-0.15, -0.1) is 11.3 Å². The summed E-state index contributed by atoms with van der Waals surface area (Å²) in [5.74, 6) is 0. The van der Waals surface area contributed by atoms with Gasteiger partial charge in [-0.2, -0.15) is 0 Å². The molecular weight excluding hydrogens is 182 g/mol. The van der Waals surface area contributed by atoms with Crippen molar-refractivity contribution in [2.75, 3.05) is 13.1 Å². The number of nitrogens with zero attached hydrogens (tertiary/aromatic N) is 1. The molecule has 0 aromatic carbocycles. The highest BCUT2D eigenvalue weighted by atomic mass is 32.1. The summed E-state index contributed by atoms with van der Waals surface area (Å²) in [6.07, 6.45) is 0.901. The van der Waals surface area contributed by atoms with Crippen LogP contribution in [0.5, 0.6) is 0 Å². The molecule has 1 fully saturated rings. The molecule has 3 heteroatoms. The van der Waals surface area contributed by atoms with Crippen molar-refractivity contribution in [3.63, 3.8) is 0 Å². The summed E-state index contributed by atoms with van der Waals surface area (Å²) in [5, 5.41) is 11.9. The van der Waals surface area contributed by atoms with E-state index in [1.54, 1.807) is 11.3 Å². The van der Waals surface area contributed by atoms with Crippen LogP contribution in [0.4, 0.5) is 0 Å². The Morgan fingerprint density at radius 2 is 2.54 bits per heavy atom. The highest BCUT2D eigenvalue weighted by molar-refractivity contribution is 7.09. The molecule has 1 aliphatic heterocycles. The minimum absolute atomic E-state index is 0.461. The maximum Gasteiger partial charge on any atom is 0.0758 e. The van der Waals surface area contributed by atoms with Crippen LogP contribution in [0.1, 0.15) is 18.2 Å². The van der Waals surface area contributed by atoms with E-state index < -0.39 is 5.60 Å². The summed E-state index contributed by atoms with van der Waals surface area (Å²) in [6, 6.07) is 4.23. The molecule has 0 amide bonds. The van der Waals surface area contributed by atoms with Crippen LogP contribution in [0, 0.1) is 0 Å². The fourth-order valence-corrected chi connectivity index (χ4v) is 2.54. The van der Waals surface area contributed by atoms with E-state index in [0.717, 1.165) is 26.1 Å². The summed E-state index contributed by atoms with van der Waals surface area (Å²) in [4.78, 5) is 3.70. The van der Waals surface area contributed by atoms with Gasteiger partial charge in [0.25, 0.3) is 0 Å². The Bertz CT molecular complexity index is 268. The molecule has 1 saturated heterocycles. The zero-order valence-corrected chi connectivity index (χ0v) is 8.68. The van der Waals surface area contributed by atoms with E-state index in [9.17, 15) is 5.11 Å². The van der Waals surface area contributed by atoms with Crippen molar-refractivity contribution in [1.82, 2.24) is 4.90 Å². The summed E-state index contributed by atoms with van der Waals surface area (Å²) in [6.45, 7) is 4.74. The molecule has 1 aromatic heterocycles. The van der Waals surface area contributed by atoms with Crippen molar-refractivity contribution in [2.45, 2.75) is 25.5 Å². The van der Waals surface area contributed by atoms with Gasteiger partial charge in [-0.1, -0.05) is 6.07 Å². The lowest BCUT2D eigenvalue weighted by Crippen LogP contribution is -2.29. The second kappa shape index (κ2) is 3.40. The van der Waals surface area contributed by atoms with Crippen molar-refractivity contribution in [2.24, 2.45) is 0 Å². The third-order valence-electron chi connectivity index (χ3n) is 2.49. The number of aliphatic hydroxyl groups is 1. The molecule has 1 aromatic rings. The Morgan fingerprint density at radius 1 is 1.69 bits per heavy atom. The molecule has 1 N–H and O–H groups in total. The van der Waals surface area contributed by atoms with Gasteiger partial charge in [-0.3, -0.25) is 4.90 Å². The predicted octanol–water partition coefficient (Wildman–Crippen LogP) is 1.70. The SMILES string of the molecule is CC1(O)CCN(Cc2cccs2)C1. The Morgan fingerprint density at radius 3 is 3.08 bits per heavy atom. The molecule has 1 aliphatic rings. The zero-order valence-electron chi connectivity index (χ0n) is 7.86. The van der Waals surface area contributed by atoms with Gasteiger partial charge in [0.1, 0.15) is 0 Å². The van der Waals surface area contributed by atoms with Gasteiger partial charge in [-0.25, -0.2) is 0 Å². The second-order valence-corrected chi connectivity index (χ2v) is 5.07. The topological polar surface area (TPSA) is 23.5 Å². The number of thiophene rings is 1. The number of β-amino-alcohol motifs (C(OH)–C–C–N with tert-alkyl or cyclic N) is 1. The van der Waals surface area contributed by atoms with Crippen LogP contribution < -0.4 is 0 Å². The van der Waals surface area contributed by atoms with Crippen LogP contribution in [0.15, 0.2) is 17.5 Å². The number of hydrogen-bond acceptors (Lipinski definition) is 3. The van der Waals surface area contributed by atoms with Crippen molar-refractivity contribution in [3.8, 4) is 0 Å². The minimum atomic E-state index is -0.461. The first-order valence-electron chi connectivity index (χ1n) is 4.63. The molecule has 0 aliphatic carbocycles. The zero-order chi connectivity index (χ0) is 9.31. The number of likely N-dealkylation sites (tertiary alicyclic amines) is 1. The van der Waals surface area contributed by atoms with Crippen molar-refractivity contribution in [3.05, 3.63) is 22.4 Å². The quantitative estimate of drug-likeness (QED) is 0.780. The Hall–Kier alpha value is -0.380. The molecule has 13 heavy (non-hydrogen) atoms. The predicted molar refractivity (Wildman–Crippen MR) is 54.8 cm³/mol. The van der Waals surface area contributed by atoms with Gasteiger partial charge in [-0.05, 0) is 24.8 Å². The van der Waals surface area contributed by atoms with Crippen LogP contribution in [-0.2, 0) is 6.54 Å². The fourth-order valence-electron chi connectivity index (χ4n) is 1.80. The Labute approximate surface area is 82.8 Å². The van der Waals surface area contributed by atoms with Crippen LogP contribution in [0.2, 0.25) is 0 Å². The van der Waals surface area contributed by atoms with E-state index in [0.29, 0.717) is 0 Å². The standard InChI is InChI=1S/C10H15NOS/c1-10(12)4-5-11(8-10)7-9-3-2-6-13-9/h2-3,6,12H,4-5,7-8H2,1H3. The van der Waals surface area contributed by atoms with E-state index in [2.05, 4.69) is 22.4 Å². The van der Waals surface area contributed by atoms with Gasteiger partial charge in [0, 0.05) is 24.5 Å². The smallest absolute Gasteiger partial charge is 0.0758 e.